The topological polar surface area (TPSA) is 57.5 Å². The van der Waals surface area contributed by atoms with Crippen molar-refractivity contribution in [3.63, 3.8) is 0 Å². The van der Waals surface area contributed by atoms with Crippen molar-refractivity contribution in [2.45, 2.75) is 12.8 Å². The van der Waals surface area contributed by atoms with Gasteiger partial charge in [-0.25, -0.2) is 0 Å². The molecule has 1 aromatic rings. The lowest BCUT2D eigenvalue weighted by molar-refractivity contribution is -0.114. The summed E-state index contributed by atoms with van der Waals surface area (Å²) in [6.07, 6.45) is 1.87. The van der Waals surface area contributed by atoms with E-state index >= 15 is 0 Å². The Morgan fingerprint density at radius 2 is 1.81 bits per heavy atom. The van der Waals surface area contributed by atoms with E-state index in [1.165, 1.54) is 0 Å². The molecule has 1 aromatic carbocycles. The maximum Gasteiger partial charge on any atom is 0.159 e. The molecule has 16 heavy (non-hydrogen) atoms. The summed E-state index contributed by atoms with van der Waals surface area (Å²) in [5, 5.41) is 19.6. The molecule has 0 saturated heterocycles. The molecular formula is C13H12O3. The summed E-state index contributed by atoms with van der Waals surface area (Å²) in [6, 6.07) is 8.97. The summed E-state index contributed by atoms with van der Waals surface area (Å²) in [7, 11) is 0. The van der Waals surface area contributed by atoms with Crippen molar-refractivity contribution in [1.29, 1.82) is 0 Å². The minimum atomic E-state index is -0.127. The molecule has 2 N–H and O–H groups in total. The molecule has 0 aliphatic heterocycles. The molecule has 0 fully saturated rings. The fraction of sp³-hybridized carbons (Fsp3) is 0.154. The molecule has 0 atom stereocenters. The van der Waals surface area contributed by atoms with E-state index in [4.69, 9.17) is 0 Å². The number of aliphatic hydroxyl groups is 2. The first-order valence-electron chi connectivity index (χ1n) is 5.10. The standard InChI is InChI=1S/C13H12O3/c14-10-6-7-11(12(15)8-10)13(16)9-4-2-1-3-5-9/h1-5,8,15-16H,6-7H2. The van der Waals surface area contributed by atoms with Crippen molar-refractivity contribution in [2.24, 2.45) is 0 Å². The lowest BCUT2D eigenvalue weighted by Crippen LogP contribution is -2.07. The average molecular weight is 216 g/mol. The van der Waals surface area contributed by atoms with Gasteiger partial charge < -0.3 is 10.2 Å². The zero-order chi connectivity index (χ0) is 11.5. The summed E-state index contributed by atoms with van der Waals surface area (Å²) in [4.78, 5) is 11.0. The molecule has 0 saturated carbocycles. The third kappa shape index (κ3) is 1.98. The Labute approximate surface area is 93.4 Å². The smallest absolute Gasteiger partial charge is 0.159 e. The highest BCUT2D eigenvalue weighted by Crippen LogP contribution is 2.27. The third-order valence-electron chi connectivity index (χ3n) is 2.56. The minimum absolute atomic E-state index is 0.0434. The predicted octanol–water partition coefficient (Wildman–Crippen LogP) is 2.76. The minimum Gasteiger partial charge on any atom is -0.507 e. The highest BCUT2D eigenvalue weighted by atomic mass is 16.3. The summed E-state index contributed by atoms with van der Waals surface area (Å²) in [6.45, 7) is 0. The van der Waals surface area contributed by atoms with Gasteiger partial charge in [-0.15, -0.1) is 0 Å². The molecule has 2 rings (SSSR count). The summed E-state index contributed by atoms with van der Waals surface area (Å²) in [5.41, 5.74) is 1.08. The van der Waals surface area contributed by atoms with E-state index in [0.29, 0.717) is 24.0 Å². The normalized spacial score (nSPS) is 19.2. The molecule has 0 bridgehead atoms. The molecule has 82 valence electrons. The van der Waals surface area contributed by atoms with Gasteiger partial charge in [0.15, 0.2) is 5.78 Å². The van der Waals surface area contributed by atoms with Crippen LogP contribution in [-0.4, -0.2) is 16.0 Å². The van der Waals surface area contributed by atoms with Crippen molar-refractivity contribution < 1.29 is 15.0 Å². The van der Waals surface area contributed by atoms with Crippen LogP contribution in [-0.2, 0) is 4.79 Å². The highest BCUT2D eigenvalue weighted by Gasteiger charge is 2.18. The van der Waals surface area contributed by atoms with Crippen LogP contribution >= 0.6 is 0 Å². The zero-order valence-electron chi connectivity index (χ0n) is 8.68. The number of aliphatic hydroxyl groups excluding tert-OH is 2. The number of hydrogen-bond donors (Lipinski definition) is 2. The first-order valence-corrected chi connectivity index (χ1v) is 5.10. The Morgan fingerprint density at radius 1 is 1.12 bits per heavy atom. The van der Waals surface area contributed by atoms with Gasteiger partial charge in [0.05, 0.1) is 0 Å². The molecule has 0 aromatic heterocycles. The van der Waals surface area contributed by atoms with E-state index in [1.807, 2.05) is 6.07 Å². The molecule has 0 unspecified atom stereocenters. The maximum absolute atomic E-state index is 11.0. The average Bonchev–Trinajstić information content (AvgIpc) is 2.29. The van der Waals surface area contributed by atoms with E-state index in [1.54, 1.807) is 24.3 Å². The van der Waals surface area contributed by atoms with Gasteiger partial charge >= 0.3 is 0 Å². The summed E-state index contributed by atoms with van der Waals surface area (Å²) in [5.74, 6) is -0.193. The monoisotopic (exact) mass is 216 g/mol. The second-order valence-electron chi connectivity index (χ2n) is 3.69. The number of benzene rings is 1. The fourth-order valence-corrected chi connectivity index (χ4v) is 1.70. The Kier molecular flexibility index (Phi) is 2.77. The number of allylic oxidation sites excluding steroid dienone is 2. The van der Waals surface area contributed by atoms with Gasteiger partial charge in [0.1, 0.15) is 11.5 Å². The number of ketones is 1. The first-order chi connectivity index (χ1) is 7.68. The maximum atomic E-state index is 11.0. The van der Waals surface area contributed by atoms with E-state index in [-0.39, 0.29) is 17.3 Å². The predicted molar refractivity (Wildman–Crippen MR) is 60.9 cm³/mol. The van der Waals surface area contributed by atoms with Gasteiger partial charge in [-0.2, -0.15) is 0 Å². The molecular weight excluding hydrogens is 204 g/mol. The molecule has 3 nitrogen and oxygen atoms in total. The Hall–Kier alpha value is -2.03. The van der Waals surface area contributed by atoms with Crippen LogP contribution in [0.25, 0.3) is 5.76 Å². The fourth-order valence-electron chi connectivity index (χ4n) is 1.70. The van der Waals surface area contributed by atoms with E-state index in [0.717, 1.165) is 6.08 Å². The lowest BCUT2D eigenvalue weighted by Gasteiger charge is -2.13. The van der Waals surface area contributed by atoms with Crippen molar-refractivity contribution in [3.05, 3.63) is 53.3 Å². The van der Waals surface area contributed by atoms with Crippen LogP contribution in [0.1, 0.15) is 18.4 Å². The van der Waals surface area contributed by atoms with Crippen molar-refractivity contribution >= 4 is 11.5 Å². The van der Waals surface area contributed by atoms with E-state index in [9.17, 15) is 15.0 Å². The number of carbonyl (C=O) groups is 1. The molecule has 0 heterocycles. The molecule has 0 spiro atoms. The van der Waals surface area contributed by atoms with Gasteiger partial charge in [-0.3, -0.25) is 4.79 Å². The Bertz CT molecular complexity index is 469. The highest BCUT2D eigenvalue weighted by molar-refractivity contribution is 5.93. The van der Waals surface area contributed by atoms with Crippen LogP contribution < -0.4 is 0 Å². The van der Waals surface area contributed by atoms with Crippen molar-refractivity contribution in [3.8, 4) is 0 Å². The van der Waals surface area contributed by atoms with Gasteiger partial charge in [0.2, 0.25) is 0 Å². The molecule has 1 aliphatic rings. The first kappa shape index (κ1) is 10.5. The Morgan fingerprint density at radius 3 is 2.44 bits per heavy atom. The lowest BCUT2D eigenvalue weighted by atomic mass is 9.96. The Balaban J connectivity index is 2.43. The van der Waals surface area contributed by atoms with E-state index < -0.39 is 0 Å². The zero-order valence-corrected chi connectivity index (χ0v) is 8.68. The number of rotatable bonds is 1. The van der Waals surface area contributed by atoms with Gasteiger partial charge in [-0.05, 0) is 6.42 Å². The van der Waals surface area contributed by atoms with Crippen LogP contribution in [0, 0.1) is 0 Å². The number of carbonyl (C=O) groups excluding carboxylic acids is 1. The summed E-state index contributed by atoms with van der Waals surface area (Å²) < 4.78 is 0. The second-order valence-corrected chi connectivity index (χ2v) is 3.69. The molecule has 3 heteroatoms. The van der Waals surface area contributed by atoms with E-state index in [2.05, 4.69) is 0 Å². The van der Waals surface area contributed by atoms with Gasteiger partial charge in [0.25, 0.3) is 0 Å². The van der Waals surface area contributed by atoms with Crippen LogP contribution in [0.2, 0.25) is 0 Å². The van der Waals surface area contributed by atoms with Gasteiger partial charge in [-0.1, -0.05) is 30.3 Å². The van der Waals surface area contributed by atoms with Crippen LogP contribution in [0.5, 0.6) is 0 Å². The second kappa shape index (κ2) is 4.23. The quantitative estimate of drug-likeness (QED) is 0.709. The number of hydrogen-bond acceptors (Lipinski definition) is 3. The van der Waals surface area contributed by atoms with Crippen LogP contribution in [0.15, 0.2) is 47.7 Å². The molecule has 0 radical (unpaired) electrons. The van der Waals surface area contributed by atoms with Gasteiger partial charge in [0, 0.05) is 23.6 Å². The van der Waals surface area contributed by atoms with Crippen LogP contribution in [0.4, 0.5) is 0 Å². The third-order valence-corrected chi connectivity index (χ3v) is 2.56. The molecule has 0 amide bonds. The van der Waals surface area contributed by atoms with Crippen molar-refractivity contribution in [2.75, 3.05) is 0 Å². The van der Waals surface area contributed by atoms with Crippen molar-refractivity contribution in [1.82, 2.24) is 0 Å². The molecule has 1 aliphatic carbocycles. The largest absolute Gasteiger partial charge is 0.507 e. The summed E-state index contributed by atoms with van der Waals surface area (Å²) >= 11 is 0. The van der Waals surface area contributed by atoms with Crippen LogP contribution in [0.3, 0.4) is 0 Å². The SMILES string of the molecule is O=C1C=C(O)C(=C(O)c2ccccc2)CC1.